The van der Waals surface area contributed by atoms with Gasteiger partial charge in [0.25, 0.3) is 0 Å². The van der Waals surface area contributed by atoms with Gasteiger partial charge in [0.05, 0.1) is 0 Å². The Hall–Kier alpha value is -1.56. The van der Waals surface area contributed by atoms with Crippen LogP contribution in [0.25, 0.3) is 0 Å². The van der Waals surface area contributed by atoms with Gasteiger partial charge in [0, 0.05) is 38.3 Å². The summed E-state index contributed by atoms with van der Waals surface area (Å²) in [5.74, 6) is 1.50. The first-order valence-corrected chi connectivity index (χ1v) is 5.95. The van der Waals surface area contributed by atoms with E-state index < -0.39 is 0 Å². The fraction of sp³-hybridized carbons (Fsp3) is 0.636. The summed E-state index contributed by atoms with van der Waals surface area (Å²) in [5, 5.41) is 0. The molecule has 2 heterocycles. The van der Waals surface area contributed by atoms with E-state index in [1.54, 1.807) is 6.07 Å². The highest BCUT2D eigenvalue weighted by Gasteiger charge is 2.20. The molecule has 1 fully saturated rings. The molecular weight excluding hydrogens is 216 g/mol. The van der Waals surface area contributed by atoms with Gasteiger partial charge in [-0.25, -0.2) is 0 Å². The highest BCUT2D eigenvalue weighted by molar-refractivity contribution is 5.50. The summed E-state index contributed by atoms with van der Waals surface area (Å²) in [6.45, 7) is 8.43. The number of nitrogens with zero attached hydrogens (tertiary/aromatic N) is 4. The Morgan fingerprint density at radius 2 is 1.76 bits per heavy atom. The molecule has 0 atom stereocenters. The van der Waals surface area contributed by atoms with E-state index in [4.69, 9.17) is 11.5 Å². The first-order chi connectivity index (χ1) is 8.06. The Morgan fingerprint density at radius 3 is 2.29 bits per heavy atom. The van der Waals surface area contributed by atoms with E-state index in [1.807, 2.05) is 0 Å². The largest absolute Gasteiger partial charge is 0.383 e. The third-order valence-corrected chi connectivity index (χ3v) is 3.12. The van der Waals surface area contributed by atoms with Crippen LogP contribution < -0.4 is 16.4 Å². The Kier molecular flexibility index (Phi) is 3.33. The van der Waals surface area contributed by atoms with Crippen LogP contribution in [0.5, 0.6) is 0 Å². The first-order valence-electron chi connectivity index (χ1n) is 5.95. The topological polar surface area (TPSA) is 84.3 Å². The van der Waals surface area contributed by atoms with Gasteiger partial charge >= 0.3 is 0 Å². The van der Waals surface area contributed by atoms with E-state index in [0.29, 0.717) is 11.9 Å². The van der Waals surface area contributed by atoms with Crippen LogP contribution in [0.4, 0.5) is 17.6 Å². The molecular formula is C11H20N6. The lowest BCUT2D eigenvalue weighted by Crippen LogP contribution is -2.49. The number of hydrogen-bond donors (Lipinski definition) is 2. The summed E-state index contributed by atoms with van der Waals surface area (Å²) in [6.07, 6.45) is 0. The monoisotopic (exact) mass is 236 g/mol. The second-order valence-electron chi connectivity index (χ2n) is 4.63. The first kappa shape index (κ1) is 11.9. The van der Waals surface area contributed by atoms with Crippen LogP contribution in [-0.4, -0.2) is 47.1 Å². The standard InChI is InChI=1S/C11H20N6/c1-8(2)16-3-5-17(6-4-16)10-7-9(12)14-11(13)15-10/h7-8H,3-6H2,1-2H3,(H4,12,13,14,15). The van der Waals surface area contributed by atoms with Crippen molar-refractivity contribution in [3.63, 3.8) is 0 Å². The second kappa shape index (κ2) is 4.75. The third-order valence-electron chi connectivity index (χ3n) is 3.12. The van der Waals surface area contributed by atoms with Gasteiger partial charge in [-0.15, -0.1) is 0 Å². The lowest BCUT2D eigenvalue weighted by molar-refractivity contribution is 0.209. The Morgan fingerprint density at radius 1 is 1.12 bits per heavy atom. The van der Waals surface area contributed by atoms with E-state index in [2.05, 4.69) is 33.6 Å². The minimum atomic E-state index is 0.242. The molecule has 17 heavy (non-hydrogen) atoms. The molecule has 0 aromatic carbocycles. The summed E-state index contributed by atoms with van der Waals surface area (Å²) in [6, 6.07) is 2.37. The molecule has 2 rings (SSSR count). The summed E-state index contributed by atoms with van der Waals surface area (Å²) in [5.41, 5.74) is 11.3. The van der Waals surface area contributed by atoms with Gasteiger partial charge in [-0.1, -0.05) is 0 Å². The zero-order chi connectivity index (χ0) is 12.4. The number of hydrogen-bond acceptors (Lipinski definition) is 6. The van der Waals surface area contributed by atoms with Crippen LogP contribution in [0.15, 0.2) is 6.07 Å². The maximum Gasteiger partial charge on any atom is 0.223 e. The molecule has 94 valence electrons. The number of piperazine rings is 1. The van der Waals surface area contributed by atoms with Crippen molar-refractivity contribution >= 4 is 17.6 Å². The van der Waals surface area contributed by atoms with Crippen molar-refractivity contribution in [1.29, 1.82) is 0 Å². The molecule has 1 aliphatic rings. The Bertz CT molecular complexity index is 363. The van der Waals surface area contributed by atoms with Crippen LogP contribution in [0.2, 0.25) is 0 Å². The zero-order valence-corrected chi connectivity index (χ0v) is 10.4. The van der Waals surface area contributed by atoms with Gasteiger partial charge in [-0.05, 0) is 13.8 Å². The highest BCUT2D eigenvalue weighted by atomic mass is 15.3. The summed E-state index contributed by atoms with van der Waals surface area (Å²) < 4.78 is 0. The predicted molar refractivity (Wildman–Crippen MR) is 69.8 cm³/mol. The normalized spacial score (nSPS) is 17.7. The van der Waals surface area contributed by atoms with Crippen LogP contribution in [0.1, 0.15) is 13.8 Å². The highest BCUT2D eigenvalue weighted by Crippen LogP contribution is 2.17. The van der Waals surface area contributed by atoms with Gasteiger partial charge in [-0.2, -0.15) is 9.97 Å². The molecule has 0 bridgehead atoms. The Labute approximate surface area is 102 Å². The van der Waals surface area contributed by atoms with Crippen molar-refractivity contribution in [2.45, 2.75) is 19.9 Å². The molecule has 1 saturated heterocycles. The molecule has 0 saturated carbocycles. The van der Waals surface area contributed by atoms with E-state index in [0.717, 1.165) is 32.0 Å². The van der Waals surface area contributed by atoms with E-state index in [9.17, 15) is 0 Å². The maximum atomic E-state index is 5.67. The van der Waals surface area contributed by atoms with Gasteiger partial charge in [-0.3, -0.25) is 4.90 Å². The third kappa shape index (κ3) is 2.76. The fourth-order valence-corrected chi connectivity index (χ4v) is 2.10. The SMILES string of the molecule is CC(C)N1CCN(c2cc(N)nc(N)n2)CC1. The summed E-state index contributed by atoms with van der Waals surface area (Å²) in [4.78, 5) is 12.8. The molecule has 1 aromatic rings. The number of aromatic nitrogens is 2. The van der Waals surface area contributed by atoms with Crippen LogP contribution in [0.3, 0.4) is 0 Å². The fourth-order valence-electron chi connectivity index (χ4n) is 2.10. The van der Waals surface area contributed by atoms with Crippen LogP contribution in [0, 0.1) is 0 Å². The lowest BCUT2D eigenvalue weighted by atomic mass is 10.2. The molecule has 0 aliphatic carbocycles. The quantitative estimate of drug-likeness (QED) is 0.761. The zero-order valence-electron chi connectivity index (χ0n) is 10.4. The molecule has 1 aromatic heterocycles. The number of rotatable bonds is 2. The minimum Gasteiger partial charge on any atom is -0.383 e. The van der Waals surface area contributed by atoms with Crippen molar-refractivity contribution in [3.05, 3.63) is 6.07 Å². The van der Waals surface area contributed by atoms with Crippen molar-refractivity contribution in [2.24, 2.45) is 0 Å². The van der Waals surface area contributed by atoms with Crippen molar-refractivity contribution in [3.8, 4) is 0 Å². The molecule has 0 unspecified atom stereocenters. The van der Waals surface area contributed by atoms with Crippen LogP contribution in [-0.2, 0) is 0 Å². The second-order valence-corrected chi connectivity index (χ2v) is 4.63. The number of nitrogens with two attached hydrogens (primary N) is 2. The molecule has 0 radical (unpaired) electrons. The number of nitrogen functional groups attached to an aromatic ring is 2. The summed E-state index contributed by atoms with van der Waals surface area (Å²) in [7, 11) is 0. The van der Waals surface area contributed by atoms with Gasteiger partial charge in [0.1, 0.15) is 11.6 Å². The van der Waals surface area contributed by atoms with E-state index in [1.165, 1.54) is 0 Å². The van der Waals surface area contributed by atoms with Crippen molar-refractivity contribution in [1.82, 2.24) is 14.9 Å². The average molecular weight is 236 g/mol. The molecule has 6 nitrogen and oxygen atoms in total. The smallest absolute Gasteiger partial charge is 0.223 e. The van der Waals surface area contributed by atoms with Gasteiger partial charge in [0.2, 0.25) is 5.95 Å². The molecule has 1 aliphatic heterocycles. The predicted octanol–water partition coefficient (Wildman–Crippen LogP) is 0.171. The van der Waals surface area contributed by atoms with Gasteiger partial charge in [0.15, 0.2) is 0 Å². The van der Waals surface area contributed by atoms with Crippen molar-refractivity contribution in [2.75, 3.05) is 42.5 Å². The molecule has 4 N–H and O–H groups in total. The minimum absolute atomic E-state index is 0.242. The molecule has 0 amide bonds. The van der Waals surface area contributed by atoms with E-state index >= 15 is 0 Å². The molecule has 6 heteroatoms. The van der Waals surface area contributed by atoms with Crippen molar-refractivity contribution < 1.29 is 0 Å². The summed E-state index contributed by atoms with van der Waals surface area (Å²) >= 11 is 0. The Balaban J connectivity index is 2.05. The van der Waals surface area contributed by atoms with Gasteiger partial charge < -0.3 is 16.4 Å². The average Bonchev–Trinajstić information content (AvgIpc) is 2.28. The molecule has 0 spiro atoms. The van der Waals surface area contributed by atoms with E-state index in [-0.39, 0.29) is 5.95 Å². The maximum absolute atomic E-state index is 5.67. The lowest BCUT2D eigenvalue weighted by Gasteiger charge is -2.37. The number of anilines is 3. The van der Waals surface area contributed by atoms with Crippen LogP contribution >= 0.6 is 0 Å².